The molecule has 2 aliphatic heterocycles. The SMILES string of the molecule is C1=[N+](c2ccccc2)c2ccccc2[N+]=1c1ccccc1.[Au+].c1ccc(N2c3ccccc3[N-]c3ccccc32)cc1. The minimum absolute atomic E-state index is 0. The zero-order chi connectivity index (χ0) is 27.4. The van der Waals surface area contributed by atoms with Crippen molar-refractivity contribution in [3.63, 3.8) is 0 Å². The number of rotatable bonds is 3. The second-order valence-corrected chi connectivity index (χ2v) is 9.69. The molecule has 0 amide bonds. The standard InChI is InChI=1S/C19H14N2.C18H13N2.Au/c1-3-9-16(10-4-1)20-15-21(17-11-5-2-6-12-17)19-14-8-7-13-18(19)20;1-2-8-14(9-3-1)20-17-12-6-4-10-15(17)19-16-11-5-7-13-18(16)20;/h1-14H;1-13H;/q+2;-1;+1. The van der Waals surface area contributed by atoms with E-state index in [1.54, 1.807) is 0 Å². The van der Waals surface area contributed by atoms with Gasteiger partial charge in [0.15, 0.2) is 0 Å². The number of anilines is 3. The molecule has 42 heavy (non-hydrogen) atoms. The molecule has 0 atom stereocenters. The number of hydrogen-bond donors (Lipinski definition) is 0. The van der Waals surface area contributed by atoms with Crippen LogP contribution in [0.25, 0.3) is 5.32 Å². The third-order valence-corrected chi connectivity index (χ3v) is 7.09. The molecule has 0 spiro atoms. The van der Waals surface area contributed by atoms with Crippen molar-refractivity contribution in [2.24, 2.45) is 0 Å². The molecule has 0 bridgehead atoms. The summed E-state index contributed by atoms with van der Waals surface area (Å²) >= 11 is 0. The van der Waals surface area contributed by atoms with Crippen LogP contribution >= 0.6 is 0 Å². The summed E-state index contributed by atoms with van der Waals surface area (Å²) in [6, 6.07) is 59.4. The van der Waals surface area contributed by atoms with Gasteiger partial charge >= 0.3 is 28.4 Å². The van der Waals surface area contributed by atoms with Gasteiger partial charge in [0, 0.05) is 53.5 Å². The Labute approximate surface area is 261 Å². The molecule has 5 heteroatoms. The quantitative estimate of drug-likeness (QED) is 0.131. The van der Waals surface area contributed by atoms with Gasteiger partial charge in [-0.05, 0) is 33.4 Å². The number of benzene rings is 6. The molecule has 2 aliphatic rings. The number of hydrogen-bond acceptors (Lipinski definition) is 1. The molecule has 0 saturated heterocycles. The van der Waals surface area contributed by atoms with Gasteiger partial charge in [0.25, 0.3) is 11.4 Å². The van der Waals surface area contributed by atoms with Crippen LogP contribution < -0.4 is 14.1 Å². The second kappa shape index (κ2) is 12.3. The molecule has 0 N–H and O–H groups in total. The fraction of sp³-hybridized carbons (Fsp3) is 0. The van der Waals surface area contributed by atoms with Gasteiger partial charge in [-0.25, -0.2) is 0 Å². The van der Waals surface area contributed by atoms with Gasteiger partial charge in [-0.1, -0.05) is 103 Å². The summed E-state index contributed by atoms with van der Waals surface area (Å²) in [5, 5.41) is 4.74. The molecule has 6 aromatic rings. The predicted molar refractivity (Wildman–Crippen MR) is 171 cm³/mol. The maximum atomic E-state index is 4.74. The minimum Gasteiger partial charge on any atom is -0.654 e. The maximum Gasteiger partial charge on any atom is 1.00 e. The molecule has 0 saturated carbocycles. The van der Waals surface area contributed by atoms with E-state index >= 15 is 0 Å². The summed E-state index contributed by atoms with van der Waals surface area (Å²) in [5.41, 5.74) is 9.94. The first-order chi connectivity index (χ1) is 20.4. The van der Waals surface area contributed by atoms with Gasteiger partial charge in [0.2, 0.25) is 11.4 Å². The summed E-state index contributed by atoms with van der Waals surface area (Å²) in [7, 11) is 0. The summed E-state index contributed by atoms with van der Waals surface area (Å²) in [4.78, 5) is 2.26. The summed E-state index contributed by atoms with van der Waals surface area (Å²) < 4.78 is 4.20. The predicted octanol–water partition coefficient (Wildman–Crippen LogP) is 10.3. The van der Waals surface area contributed by atoms with Crippen molar-refractivity contribution < 1.29 is 22.4 Å². The van der Waals surface area contributed by atoms with Crippen molar-refractivity contribution in [3.05, 3.63) is 169 Å². The van der Waals surface area contributed by atoms with Crippen LogP contribution in [0, 0.1) is 0 Å². The fourth-order valence-corrected chi connectivity index (χ4v) is 5.21. The Balaban J connectivity index is 0.000000147. The van der Waals surface area contributed by atoms with E-state index in [9.17, 15) is 0 Å². The Morgan fingerprint density at radius 1 is 0.429 bits per heavy atom. The Hall–Kier alpha value is -4.96. The first-order valence-corrected chi connectivity index (χ1v) is 13.7. The minimum atomic E-state index is 0. The van der Waals surface area contributed by atoms with Crippen molar-refractivity contribution in [3.8, 4) is 0 Å². The fourth-order valence-electron chi connectivity index (χ4n) is 5.21. The van der Waals surface area contributed by atoms with Crippen LogP contribution in [0.5, 0.6) is 0 Å². The molecule has 6 aromatic carbocycles. The normalized spacial score (nSPS) is 12.1. The van der Waals surface area contributed by atoms with Crippen molar-refractivity contribution in [1.29, 1.82) is 0 Å². The third kappa shape index (κ3) is 5.24. The zero-order valence-electron chi connectivity index (χ0n) is 22.7. The van der Waals surface area contributed by atoms with E-state index in [0.717, 1.165) is 51.2 Å². The summed E-state index contributed by atoms with van der Waals surface area (Å²) in [5.74, 6) is 0. The first kappa shape index (κ1) is 27.2. The van der Waals surface area contributed by atoms with Crippen molar-refractivity contribution in [2.75, 3.05) is 4.90 Å². The van der Waals surface area contributed by atoms with Gasteiger partial charge in [0.1, 0.15) is 0 Å². The third-order valence-electron chi connectivity index (χ3n) is 7.09. The van der Waals surface area contributed by atoms with Crippen LogP contribution in [0.2, 0.25) is 0 Å². The van der Waals surface area contributed by atoms with Crippen LogP contribution in [-0.2, 0) is 22.4 Å². The summed E-state index contributed by atoms with van der Waals surface area (Å²) in [6.07, 6.45) is 0. The molecule has 0 unspecified atom stereocenters. The number of para-hydroxylation sites is 9. The second-order valence-electron chi connectivity index (χ2n) is 9.69. The van der Waals surface area contributed by atoms with Crippen molar-refractivity contribution >= 4 is 57.2 Å². The molecule has 204 valence electrons. The van der Waals surface area contributed by atoms with Gasteiger partial charge in [-0.3, -0.25) is 0 Å². The first-order valence-electron chi connectivity index (χ1n) is 13.7. The van der Waals surface area contributed by atoms with Gasteiger partial charge in [0.05, 0.1) is 0 Å². The molecule has 4 nitrogen and oxygen atoms in total. The summed E-state index contributed by atoms with van der Waals surface area (Å²) in [6.45, 7) is 0. The zero-order valence-corrected chi connectivity index (χ0v) is 24.8. The average molecular weight is 725 g/mol. The van der Waals surface area contributed by atoms with Gasteiger partial charge in [-0.15, -0.1) is 11.4 Å². The van der Waals surface area contributed by atoms with Crippen LogP contribution in [0.1, 0.15) is 0 Å². The Bertz CT molecular complexity index is 1780. The van der Waals surface area contributed by atoms with Crippen LogP contribution in [0.4, 0.5) is 51.2 Å². The molecule has 2 heterocycles. The monoisotopic (exact) mass is 724 g/mol. The van der Waals surface area contributed by atoms with Crippen LogP contribution in [0.15, 0.2) is 164 Å². The van der Waals surface area contributed by atoms with E-state index in [1.165, 1.54) is 0 Å². The van der Waals surface area contributed by atoms with E-state index in [-0.39, 0.29) is 22.4 Å². The molecule has 0 aromatic heterocycles. The molecule has 8 rings (SSSR count). The Kier molecular flexibility index (Phi) is 7.96. The smallest absolute Gasteiger partial charge is 0.654 e. The van der Waals surface area contributed by atoms with E-state index in [2.05, 4.69) is 129 Å². The molecular formula is C37H27AuN4+2. The molecule has 0 aliphatic carbocycles. The van der Waals surface area contributed by atoms with Crippen molar-refractivity contribution in [2.45, 2.75) is 0 Å². The Morgan fingerprint density at radius 2 is 0.810 bits per heavy atom. The molecule has 0 fully saturated rings. The van der Waals surface area contributed by atoms with Crippen LogP contribution in [-0.4, -0.2) is 6.01 Å². The van der Waals surface area contributed by atoms with Crippen LogP contribution in [0.3, 0.4) is 0 Å². The molecule has 0 radical (unpaired) electrons. The Morgan fingerprint density at radius 3 is 1.29 bits per heavy atom. The topological polar surface area (TPSA) is 23.4 Å². The largest absolute Gasteiger partial charge is 1.00 e. The molecular weight excluding hydrogens is 697 g/mol. The average Bonchev–Trinajstić information content (AvgIpc) is 3.45. The van der Waals surface area contributed by atoms with Crippen molar-refractivity contribution in [1.82, 2.24) is 9.15 Å². The number of fused-ring (bicyclic) bond motifs is 3. The van der Waals surface area contributed by atoms with Gasteiger partial charge in [-0.2, -0.15) is 0 Å². The van der Waals surface area contributed by atoms with E-state index < -0.39 is 0 Å². The maximum absolute atomic E-state index is 4.74. The van der Waals surface area contributed by atoms with E-state index in [1.807, 2.05) is 54.6 Å². The van der Waals surface area contributed by atoms with Gasteiger partial charge < -0.3 is 10.2 Å². The number of nitrogens with zero attached hydrogens (tertiary/aromatic N) is 4. The van der Waals surface area contributed by atoms with E-state index in [0.29, 0.717) is 0 Å². The van der Waals surface area contributed by atoms with E-state index in [4.69, 9.17) is 5.32 Å².